The zero-order chi connectivity index (χ0) is 9.78. The number of ether oxygens (including phenoxy) is 2. The first kappa shape index (κ1) is 12.4. The lowest BCUT2D eigenvalue weighted by molar-refractivity contribution is 0.233. The molecule has 75 valence electrons. The quantitative estimate of drug-likeness (QED) is 0.416. The van der Waals surface area contributed by atoms with Gasteiger partial charge >= 0.3 is 0 Å². The highest BCUT2D eigenvalue weighted by Gasteiger charge is 1.79. The molecule has 0 unspecified atom stereocenters. The SMILES string of the molecule is COCC=CC[N]CC=CCOC. The maximum absolute atomic E-state index is 4.84. The van der Waals surface area contributed by atoms with Gasteiger partial charge in [0.2, 0.25) is 0 Å². The van der Waals surface area contributed by atoms with Crippen molar-refractivity contribution in [3.63, 3.8) is 0 Å². The van der Waals surface area contributed by atoms with Gasteiger partial charge in [0.05, 0.1) is 13.2 Å². The molecule has 0 saturated heterocycles. The van der Waals surface area contributed by atoms with Gasteiger partial charge in [0.1, 0.15) is 0 Å². The van der Waals surface area contributed by atoms with Crippen LogP contribution in [0.1, 0.15) is 0 Å². The van der Waals surface area contributed by atoms with Crippen LogP contribution in [0.5, 0.6) is 0 Å². The first-order chi connectivity index (χ1) is 6.41. The molecule has 0 aromatic heterocycles. The van der Waals surface area contributed by atoms with Gasteiger partial charge in [-0.3, -0.25) is 0 Å². The first-order valence-electron chi connectivity index (χ1n) is 4.33. The Balaban J connectivity index is 3.07. The Hall–Kier alpha value is -0.640. The summed E-state index contributed by atoms with van der Waals surface area (Å²) >= 11 is 0. The highest BCUT2D eigenvalue weighted by atomic mass is 16.5. The minimum Gasteiger partial charge on any atom is -0.381 e. The van der Waals surface area contributed by atoms with E-state index in [0.717, 1.165) is 13.1 Å². The van der Waals surface area contributed by atoms with Crippen molar-refractivity contribution in [1.29, 1.82) is 0 Å². The van der Waals surface area contributed by atoms with Crippen molar-refractivity contribution < 1.29 is 9.47 Å². The van der Waals surface area contributed by atoms with Crippen LogP contribution in [0.2, 0.25) is 0 Å². The average molecular weight is 184 g/mol. The van der Waals surface area contributed by atoms with E-state index in [9.17, 15) is 0 Å². The summed E-state index contributed by atoms with van der Waals surface area (Å²) in [5, 5.41) is 4.23. The predicted octanol–water partition coefficient (Wildman–Crippen LogP) is 0.996. The van der Waals surface area contributed by atoms with Gasteiger partial charge in [0, 0.05) is 27.3 Å². The Morgan fingerprint density at radius 2 is 1.31 bits per heavy atom. The molecule has 0 aromatic rings. The summed E-state index contributed by atoms with van der Waals surface area (Å²) in [5.74, 6) is 0. The van der Waals surface area contributed by atoms with Gasteiger partial charge in [0.15, 0.2) is 0 Å². The highest BCUT2D eigenvalue weighted by Crippen LogP contribution is 1.76. The van der Waals surface area contributed by atoms with Crippen LogP contribution in [0, 0.1) is 0 Å². The summed E-state index contributed by atoms with van der Waals surface area (Å²) in [6.07, 6.45) is 7.91. The molecule has 0 aromatic carbocycles. The van der Waals surface area contributed by atoms with Crippen molar-refractivity contribution in [2.75, 3.05) is 40.5 Å². The second-order valence-electron chi connectivity index (χ2n) is 2.44. The molecular formula is C10H18NO2. The van der Waals surface area contributed by atoms with Crippen LogP contribution in [0.4, 0.5) is 0 Å². The van der Waals surface area contributed by atoms with E-state index in [1.165, 1.54) is 0 Å². The molecule has 0 bridgehead atoms. The topological polar surface area (TPSA) is 32.6 Å². The van der Waals surface area contributed by atoms with Gasteiger partial charge in [0.25, 0.3) is 0 Å². The molecule has 0 heterocycles. The Morgan fingerprint density at radius 3 is 1.69 bits per heavy atom. The van der Waals surface area contributed by atoms with Crippen molar-refractivity contribution in [3.05, 3.63) is 24.3 Å². The monoisotopic (exact) mass is 184 g/mol. The van der Waals surface area contributed by atoms with E-state index in [2.05, 4.69) is 5.32 Å². The van der Waals surface area contributed by atoms with Gasteiger partial charge in [-0.1, -0.05) is 24.3 Å². The lowest BCUT2D eigenvalue weighted by Crippen LogP contribution is -2.04. The minimum absolute atomic E-state index is 0.662. The lowest BCUT2D eigenvalue weighted by Gasteiger charge is -1.92. The van der Waals surface area contributed by atoms with E-state index >= 15 is 0 Å². The molecule has 3 nitrogen and oxygen atoms in total. The first-order valence-corrected chi connectivity index (χ1v) is 4.33. The summed E-state index contributed by atoms with van der Waals surface area (Å²) < 4.78 is 9.68. The molecule has 0 aliphatic carbocycles. The van der Waals surface area contributed by atoms with Crippen molar-refractivity contribution in [2.45, 2.75) is 0 Å². The summed E-state index contributed by atoms with van der Waals surface area (Å²) in [4.78, 5) is 0. The van der Waals surface area contributed by atoms with E-state index < -0.39 is 0 Å². The Kier molecular flexibility index (Phi) is 10.8. The van der Waals surface area contributed by atoms with Crippen LogP contribution in [-0.4, -0.2) is 40.5 Å². The van der Waals surface area contributed by atoms with Gasteiger partial charge < -0.3 is 9.47 Å². The third-order valence-electron chi connectivity index (χ3n) is 1.33. The number of methoxy groups -OCH3 is 2. The zero-order valence-electron chi connectivity index (χ0n) is 8.40. The average Bonchev–Trinajstić information content (AvgIpc) is 2.16. The van der Waals surface area contributed by atoms with E-state index in [-0.39, 0.29) is 0 Å². The molecule has 0 saturated carbocycles. The van der Waals surface area contributed by atoms with Crippen LogP contribution in [0.15, 0.2) is 24.3 Å². The molecular weight excluding hydrogens is 166 g/mol. The van der Waals surface area contributed by atoms with Gasteiger partial charge in [-0.25, -0.2) is 5.32 Å². The molecule has 0 amide bonds. The van der Waals surface area contributed by atoms with Crippen LogP contribution in [0.3, 0.4) is 0 Å². The fraction of sp³-hybridized carbons (Fsp3) is 0.600. The standard InChI is InChI=1S/C10H18NO2/c1-12-9-5-3-7-11-8-4-6-10-13-2/h3-6H,7-10H2,1-2H3. The number of nitrogens with zero attached hydrogens (tertiary/aromatic N) is 1. The number of hydrogen-bond acceptors (Lipinski definition) is 2. The lowest BCUT2D eigenvalue weighted by atomic mass is 10.4. The molecule has 0 fully saturated rings. The molecule has 1 radical (unpaired) electrons. The molecule has 0 atom stereocenters. The summed E-state index contributed by atoms with van der Waals surface area (Å²) in [6.45, 7) is 2.82. The highest BCUT2D eigenvalue weighted by molar-refractivity contribution is 4.87. The third-order valence-corrected chi connectivity index (χ3v) is 1.33. The molecule has 0 aliphatic heterocycles. The number of rotatable bonds is 8. The third kappa shape index (κ3) is 11.4. The van der Waals surface area contributed by atoms with Gasteiger partial charge in [-0.05, 0) is 0 Å². The van der Waals surface area contributed by atoms with E-state index in [1.54, 1.807) is 14.2 Å². The Morgan fingerprint density at radius 1 is 0.846 bits per heavy atom. The molecule has 0 rings (SSSR count). The second kappa shape index (κ2) is 11.4. The summed E-state index contributed by atoms with van der Waals surface area (Å²) in [7, 11) is 3.35. The van der Waals surface area contributed by atoms with Gasteiger partial charge in [-0.2, -0.15) is 0 Å². The zero-order valence-corrected chi connectivity index (χ0v) is 8.40. The molecule has 3 heteroatoms. The van der Waals surface area contributed by atoms with Crippen LogP contribution in [-0.2, 0) is 9.47 Å². The predicted molar refractivity (Wildman–Crippen MR) is 53.9 cm³/mol. The van der Waals surface area contributed by atoms with Crippen molar-refractivity contribution in [3.8, 4) is 0 Å². The van der Waals surface area contributed by atoms with E-state index in [0.29, 0.717) is 13.2 Å². The fourth-order valence-corrected chi connectivity index (χ4v) is 0.701. The smallest absolute Gasteiger partial charge is 0.0644 e. The van der Waals surface area contributed by atoms with E-state index in [1.807, 2.05) is 24.3 Å². The van der Waals surface area contributed by atoms with Crippen molar-refractivity contribution in [1.82, 2.24) is 5.32 Å². The largest absolute Gasteiger partial charge is 0.381 e. The minimum atomic E-state index is 0.662. The maximum Gasteiger partial charge on any atom is 0.0644 e. The summed E-state index contributed by atoms with van der Waals surface area (Å²) in [5.41, 5.74) is 0. The van der Waals surface area contributed by atoms with Crippen molar-refractivity contribution in [2.24, 2.45) is 0 Å². The van der Waals surface area contributed by atoms with Crippen LogP contribution in [0.25, 0.3) is 0 Å². The van der Waals surface area contributed by atoms with Crippen LogP contribution >= 0.6 is 0 Å². The van der Waals surface area contributed by atoms with Gasteiger partial charge in [-0.15, -0.1) is 0 Å². The number of hydrogen-bond donors (Lipinski definition) is 0. The molecule has 0 N–H and O–H groups in total. The summed E-state index contributed by atoms with van der Waals surface area (Å²) in [6, 6.07) is 0. The molecule has 13 heavy (non-hydrogen) atoms. The van der Waals surface area contributed by atoms with E-state index in [4.69, 9.17) is 9.47 Å². The second-order valence-corrected chi connectivity index (χ2v) is 2.44. The van der Waals surface area contributed by atoms with Crippen LogP contribution < -0.4 is 5.32 Å². The molecule has 0 spiro atoms. The fourth-order valence-electron chi connectivity index (χ4n) is 0.701. The molecule has 0 aliphatic rings. The normalized spacial score (nSPS) is 11.8. The van der Waals surface area contributed by atoms with Crippen molar-refractivity contribution >= 4 is 0 Å². The Bertz CT molecular complexity index is 128. The maximum atomic E-state index is 4.84. The Labute approximate surface area is 80.4 Å².